The second-order valence-corrected chi connectivity index (χ2v) is 3.72. The third-order valence-corrected chi connectivity index (χ3v) is 2.42. The molecular weight excluding hydrogens is 240 g/mol. The molecule has 0 saturated heterocycles. The van der Waals surface area contributed by atoms with Gasteiger partial charge in [0.2, 0.25) is 0 Å². The summed E-state index contributed by atoms with van der Waals surface area (Å²) < 4.78 is 5.00. The van der Waals surface area contributed by atoms with Gasteiger partial charge in [-0.15, -0.1) is 0 Å². The summed E-state index contributed by atoms with van der Waals surface area (Å²) in [5, 5.41) is 22.5. The van der Waals surface area contributed by atoms with Crippen molar-refractivity contribution in [1.29, 1.82) is 0 Å². The van der Waals surface area contributed by atoms with Crippen LogP contribution in [0.25, 0.3) is 0 Å². The van der Waals surface area contributed by atoms with Crippen LogP contribution in [0.1, 0.15) is 17.3 Å². The third-order valence-electron chi connectivity index (χ3n) is 2.42. The lowest BCUT2D eigenvalue weighted by atomic mass is 10.1. The molecule has 1 aromatic carbocycles. The van der Waals surface area contributed by atoms with Gasteiger partial charge in [0.15, 0.2) is 0 Å². The van der Waals surface area contributed by atoms with Crippen molar-refractivity contribution in [1.82, 2.24) is 0 Å². The number of nitro benzene ring substituents is 1. The van der Waals surface area contributed by atoms with Crippen molar-refractivity contribution in [3.8, 4) is 0 Å². The Hall–Kier alpha value is -2.15. The van der Waals surface area contributed by atoms with E-state index < -0.39 is 10.9 Å². The molecule has 0 bridgehead atoms. The number of rotatable bonds is 6. The molecule has 2 N–H and O–H groups in total. The summed E-state index contributed by atoms with van der Waals surface area (Å²) in [6, 6.07) is 3.61. The summed E-state index contributed by atoms with van der Waals surface area (Å²) in [7, 11) is 1.52. The fourth-order valence-corrected chi connectivity index (χ4v) is 1.31. The molecule has 0 radical (unpaired) electrons. The van der Waals surface area contributed by atoms with Gasteiger partial charge in [-0.1, -0.05) is 0 Å². The number of carboxylic acids is 1. The number of methoxy groups -OCH3 is 1. The zero-order valence-electron chi connectivity index (χ0n) is 10.0. The maximum Gasteiger partial charge on any atom is 0.335 e. The summed E-state index contributed by atoms with van der Waals surface area (Å²) >= 11 is 0. The van der Waals surface area contributed by atoms with Gasteiger partial charge in [0.05, 0.1) is 16.6 Å². The average Bonchev–Trinajstić information content (AvgIpc) is 2.35. The molecule has 0 unspecified atom stereocenters. The number of ether oxygens (including phenoxy) is 1. The smallest absolute Gasteiger partial charge is 0.335 e. The Balaban J connectivity index is 3.00. The summed E-state index contributed by atoms with van der Waals surface area (Å²) in [6.45, 7) is 2.14. The van der Waals surface area contributed by atoms with Crippen LogP contribution in [-0.4, -0.2) is 35.8 Å². The van der Waals surface area contributed by atoms with E-state index in [-0.39, 0.29) is 23.0 Å². The van der Waals surface area contributed by atoms with Crippen LogP contribution < -0.4 is 5.32 Å². The van der Waals surface area contributed by atoms with Gasteiger partial charge in [0.25, 0.3) is 5.69 Å². The van der Waals surface area contributed by atoms with E-state index in [1.54, 1.807) is 6.92 Å². The topological polar surface area (TPSA) is 102 Å². The maximum atomic E-state index is 10.8. The van der Waals surface area contributed by atoms with Crippen molar-refractivity contribution in [2.45, 2.75) is 13.0 Å². The normalized spacial score (nSPS) is 11.9. The Morgan fingerprint density at radius 1 is 1.61 bits per heavy atom. The summed E-state index contributed by atoms with van der Waals surface area (Å²) in [5.41, 5.74) is 0.000253. The molecule has 0 aliphatic rings. The molecule has 0 heterocycles. The van der Waals surface area contributed by atoms with Crippen LogP contribution in [0, 0.1) is 10.1 Å². The highest BCUT2D eigenvalue weighted by atomic mass is 16.6. The Kier molecular flexibility index (Phi) is 4.61. The number of hydrogen-bond acceptors (Lipinski definition) is 5. The van der Waals surface area contributed by atoms with Crippen LogP contribution in [0.2, 0.25) is 0 Å². The van der Waals surface area contributed by atoms with Gasteiger partial charge in [-0.3, -0.25) is 10.1 Å². The van der Waals surface area contributed by atoms with E-state index in [1.807, 2.05) is 0 Å². The van der Waals surface area contributed by atoms with Crippen molar-refractivity contribution in [2.75, 3.05) is 19.0 Å². The Morgan fingerprint density at radius 3 is 2.78 bits per heavy atom. The number of nitrogens with zero attached hydrogens (tertiary/aromatic N) is 1. The summed E-state index contributed by atoms with van der Waals surface area (Å²) in [6.07, 6.45) is -0.141. The minimum atomic E-state index is -1.13. The number of aromatic carboxylic acids is 1. The molecule has 1 atom stereocenters. The van der Waals surface area contributed by atoms with Gasteiger partial charge < -0.3 is 15.2 Å². The van der Waals surface area contributed by atoms with Crippen LogP contribution in [0.5, 0.6) is 0 Å². The largest absolute Gasteiger partial charge is 0.478 e. The molecule has 1 aromatic rings. The molecule has 0 spiro atoms. The Labute approximate surface area is 104 Å². The van der Waals surface area contributed by atoms with E-state index in [1.165, 1.54) is 25.3 Å². The minimum Gasteiger partial charge on any atom is -0.478 e. The first kappa shape index (κ1) is 13.9. The molecule has 0 aliphatic carbocycles. The standard InChI is InChI=1S/C11H14N2O5/c1-7(18-2)6-12-9-5-8(11(14)15)3-4-10(9)13(16)17/h3-5,7,12H,6H2,1-2H3,(H,14,15)/t7-/m1/s1. The monoisotopic (exact) mass is 254 g/mol. The number of nitrogens with one attached hydrogen (secondary N) is 1. The number of anilines is 1. The molecule has 0 aliphatic heterocycles. The van der Waals surface area contributed by atoms with Crippen molar-refractivity contribution >= 4 is 17.3 Å². The highest BCUT2D eigenvalue weighted by Gasteiger charge is 2.16. The number of carbonyl (C=O) groups is 1. The molecule has 1 rings (SSSR count). The fraction of sp³-hybridized carbons (Fsp3) is 0.364. The Bertz CT molecular complexity index is 461. The van der Waals surface area contributed by atoms with E-state index in [4.69, 9.17) is 9.84 Å². The molecule has 7 nitrogen and oxygen atoms in total. The quantitative estimate of drug-likeness (QED) is 0.592. The van der Waals surface area contributed by atoms with Crippen molar-refractivity contribution < 1.29 is 19.6 Å². The number of carboxylic acid groups (broad SMARTS) is 1. The van der Waals surface area contributed by atoms with Gasteiger partial charge in [-0.25, -0.2) is 4.79 Å². The van der Waals surface area contributed by atoms with Gasteiger partial charge in [0, 0.05) is 19.7 Å². The second kappa shape index (κ2) is 5.97. The lowest BCUT2D eigenvalue weighted by Gasteiger charge is -2.12. The SMILES string of the molecule is CO[C@H](C)CNc1cc(C(=O)O)ccc1[N+](=O)[O-]. The lowest BCUT2D eigenvalue weighted by Crippen LogP contribution is -2.18. The van der Waals surface area contributed by atoms with Crippen molar-refractivity contribution in [3.63, 3.8) is 0 Å². The highest BCUT2D eigenvalue weighted by Crippen LogP contribution is 2.25. The first-order valence-electron chi connectivity index (χ1n) is 5.24. The van der Waals surface area contributed by atoms with Gasteiger partial charge in [0.1, 0.15) is 5.69 Å². The molecule has 0 fully saturated rings. The maximum absolute atomic E-state index is 10.8. The second-order valence-electron chi connectivity index (χ2n) is 3.72. The van der Waals surface area contributed by atoms with Crippen molar-refractivity contribution in [3.05, 3.63) is 33.9 Å². The predicted molar refractivity (Wildman–Crippen MR) is 65.0 cm³/mol. The van der Waals surface area contributed by atoms with Gasteiger partial charge in [-0.05, 0) is 19.1 Å². The lowest BCUT2D eigenvalue weighted by molar-refractivity contribution is -0.384. The summed E-state index contributed by atoms with van der Waals surface area (Å²) in [4.78, 5) is 21.0. The van der Waals surface area contributed by atoms with Gasteiger partial charge >= 0.3 is 5.97 Å². The van der Waals surface area contributed by atoms with E-state index >= 15 is 0 Å². The zero-order valence-corrected chi connectivity index (χ0v) is 10.0. The zero-order chi connectivity index (χ0) is 13.7. The molecule has 98 valence electrons. The molecule has 0 saturated carbocycles. The molecule has 0 amide bonds. The van der Waals surface area contributed by atoms with E-state index in [2.05, 4.69) is 5.32 Å². The number of benzene rings is 1. The minimum absolute atomic E-state index is 0.00632. The fourth-order valence-electron chi connectivity index (χ4n) is 1.31. The van der Waals surface area contributed by atoms with E-state index in [9.17, 15) is 14.9 Å². The Morgan fingerprint density at radius 2 is 2.28 bits per heavy atom. The number of nitro groups is 1. The first-order chi connectivity index (χ1) is 8.45. The van der Waals surface area contributed by atoms with Crippen molar-refractivity contribution in [2.24, 2.45) is 0 Å². The van der Waals surface area contributed by atoms with Gasteiger partial charge in [-0.2, -0.15) is 0 Å². The highest BCUT2D eigenvalue weighted by molar-refractivity contribution is 5.90. The van der Waals surface area contributed by atoms with Crippen LogP contribution in [0.15, 0.2) is 18.2 Å². The molecule has 0 aromatic heterocycles. The van der Waals surface area contributed by atoms with Crippen LogP contribution in [0.3, 0.4) is 0 Å². The number of hydrogen-bond donors (Lipinski definition) is 2. The van der Waals surface area contributed by atoms with E-state index in [0.29, 0.717) is 6.54 Å². The first-order valence-corrected chi connectivity index (χ1v) is 5.24. The van der Waals surface area contributed by atoms with Crippen LogP contribution >= 0.6 is 0 Å². The van der Waals surface area contributed by atoms with Crippen LogP contribution in [0.4, 0.5) is 11.4 Å². The molecule has 7 heteroatoms. The van der Waals surface area contributed by atoms with Crippen LogP contribution in [-0.2, 0) is 4.74 Å². The predicted octanol–water partition coefficient (Wildman–Crippen LogP) is 1.74. The summed E-state index contributed by atoms with van der Waals surface area (Å²) in [5.74, 6) is -1.13. The average molecular weight is 254 g/mol. The third kappa shape index (κ3) is 3.42. The molecular formula is C11H14N2O5. The van der Waals surface area contributed by atoms with E-state index in [0.717, 1.165) is 0 Å². The molecule has 18 heavy (non-hydrogen) atoms.